The van der Waals surface area contributed by atoms with Crippen molar-refractivity contribution in [3.63, 3.8) is 0 Å². The molecule has 11 heteroatoms. The Balaban J connectivity index is 1.61. The van der Waals surface area contributed by atoms with Gasteiger partial charge in [0.15, 0.2) is 15.8 Å². The summed E-state index contributed by atoms with van der Waals surface area (Å²) in [6.45, 7) is 1.91. The van der Waals surface area contributed by atoms with Gasteiger partial charge in [-0.1, -0.05) is 83.3 Å². The zero-order chi connectivity index (χ0) is 27.7. The highest BCUT2D eigenvalue weighted by Gasteiger charge is 2.48. The maximum atomic E-state index is 13.5. The number of aromatic hydroxyl groups is 1. The predicted molar refractivity (Wildman–Crippen MR) is 154 cm³/mol. The number of carbonyl (C=O) groups is 2. The number of phenolic OH excluding ortho intramolecular Hbond substituents is 1. The summed E-state index contributed by atoms with van der Waals surface area (Å²) >= 11 is 5.97. The van der Waals surface area contributed by atoms with Gasteiger partial charge in [-0.05, 0) is 46.1 Å². The maximum Gasteiger partial charge on any atom is 0.301 e. The molecule has 3 aromatic carbocycles. The van der Waals surface area contributed by atoms with E-state index in [9.17, 15) is 19.8 Å². The largest absolute Gasteiger partial charge is 0.507 e. The molecule has 1 aliphatic rings. The number of rotatable bonds is 7. The molecule has 8 nitrogen and oxygen atoms in total. The number of aliphatic hydroxyl groups excluding tert-OH is 1. The Bertz CT molecular complexity index is 1590. The molecule has 1 aliphatic heterocycles. The van der Waals surface area contributed by atoms with Crippen LogP contribution in [0.3, 0.4) is 0 Å². The first-order valence-electron chi connectivity index (χ1n) is 11.7. The van der Waals surface area contributed by atoms with E-state index in [1.807, 2.05) is 37.3 Å². The van der Waals surface area contributed by atoms with E-state index in [1.54, 1.807) is 30.3 Å². The Hall–Kier alpha value is -3.67. The minimum Gasteiger partial charge on any atom is -0.507 e. The number of anilines is 1. The van der Waals surface area contributed by atoms with Crippen LogP contribution in [0.2, 0.25) is 0 Å². The van der Waals surface area contributed by atoms with Gasteiger partial charge in [0.1, 0.15) is 5.76 Å². The van der Waals surface area contributed by atoms with Crippen molar-refractivity contribution in [2.24, 2.45) is 0 Å². The van der Waals surface area contributed by atoms with Crippen molar-refractivity contribution < 1.29 is 24.5 Å². The third kappa shape index (κ3) is 5.29. The van der Waals surface area contributed by atoms with Crippen molar-refractivity contribution >= 4 is 61.6 Å². The van der Waals surface area contributed by atoms with Gasteiger partial charge in [0.25, 0.3) is 5.78 Å². The third-order valence-electron chi connectivity index (χ3n) is 6.16. The number of ketones is 1. The summed E-state index contributed by atoms with van der Waals surface area (Å²) in [7, 11) is 1.40. The Morgan fingerprint density at radius 1 is 1.10 bits per heavy atom. The van der Waals surface area contributed by atoms with Crippen LogP contribution < -0.4 is 9.64 Å². The number of amides is 1. The summed E-state index contributed by atoms with van der Waals surface area (Å²) in [5.41, 5.74) is 2.81. The highest BCUT2D eigenvalue weighted by atomic mass is 79.9. The first-order chi connectivity index (χ1) is 18.8. The molecule has 2 N–H and O–H groups in total. The molecule has 0 radical (unpaired) electrons. The minimum atomic E-state index is -1.04. The lowest BCUT2D eigenvalue weighted by atomic mass is 9.95. The highest BCUT2D eigenvalue weighted by molar-refractivity contribution is 9.10. The van der Waals surface area contributed by atoms with E-state index in [4.69, 9.17) is 4.74 Å². The molecule has 0 spiro atoms. The SMILES string of the molecule is COc1cc(C2/C(=C(/O)c3ccc(C)cc3)C(=O)C(=O)N2c2nnc(SCc3ccccc3)s2)cc(Br)c1O. The Labute approximate surface area is 241 Å². The maximum absolute atomic E-state index is 13.5. The summed E-state index contributed by atoms with van der Waals surface area (Å²) in [5.74, 6) is -1.34. The van der Waals surface area contributed by atoms with Crippen molar-refractivity contribution in [2.75, 3.05) is 12.0 Å². The van der Waals surface area contributed by atoms with E-state index in [1.165, 1.54) is 41.2 Å². The normalized spacial score (nSPS) is 16.6. The zero-order valence-electron chi connectivity index (χ0n) is 20.8. The van der Waals surface area contributed by atoms with Crippen LogP contribution in [-0.4, -0.2) is 39.2 Å². The molecule has 0 bridgehead atoms. The van der Waals surface area contributed by atoms with Crippen molar-refractivity contribution in [3.8, 4) is 11.5 Å². The van der Waals surface area contributed by atoms with E-state index in [0.717, 1.165) is 11.1 Å². The first kappa shape index (κ1) is 26.9. The van der Waals surface area contributed by atoms with E-state index in [-0.39, 0.29) is 28.0 Å². The van der Waals surface area contributed by atoms with E-state index < -0.39 is 17.7 Å². The molecule has 1 unspecified atom stereocenters. The lowest BCUT2D eigenvalue weighted by molar-refractivity contribution is -0.132. The Kier molecular flexibility index (Phi) is 7.74. The standard InChI is InChI=1S/C28H22BrN3O5S2/c1-15-8-10-17(11-9-15)23(33)21-22(18-12-19(29)24(34)20(13-18)37-2)32(26(36)25(21)35)27-30-31-28(39-27)38-14-16-6-4-3-5-7-16/h3-13,22,33-34H,14H2,1-2H3/b23-21-. The molecule has 1 saturated heterocycles. The molecular formula is C28H22BrN3O5S2. The van der Waals surface area contributed by atoms with Gasteiger partial charge < -0.3 is 14.9 Å². The number of thioether (sulfide) groups is 1. The summed E-state index contributed by atoms with van der Waals surface area (Å²) in [6, 6.07) is 18.9. The van der Waals surface area contributed by atoms with Crippen LogP contribution in [0.5, 0.6) is 11.5 Å². The summed E-state index contributed by atoms with van der Waals surface area (Å²) < 4.78 is 6.24. The molecule has 1 aromatic heterocycles. The number of hydrogen-bond donors (Lipinski definition) is 2. The van der Waals surface area contributed by atoms with Crippen molar-refractivity contribution in [1.82, 2.24) is 10.2 Å². The first-order valence-corrected chi connectivity index (χ1v) is 14.3. The van der Waals surface area contributed by atoms with Crippen LogP contribution >= 0.6 is 39.0 Å². The molecule has 0 aliphatic carbocycles. The highest BCUT2D eigenvalue weighted by Crippen LogP contribution is 2.47. The smallest absolute Gasteiger partial charge is 0.301 e. The van der Waals surface area contributed by atoms with Gasteiger partial charge in [0.2, 0.25) is 5.13 Å². The second kappa shape index (κ2) is 11.2. The lowest BCUT2D eigenvalue weighted by Gasteiger charge is -2.23. The average Bonchev–Trinajstić information content (AvgIpc) is 3.51. The monoisotopic (exact) mass is 623 g/mol. The molecule has 198 valence electrons. The number of hydrogen-bond acceptors (Lipinski definition) is 9. The minimum absolute atomic E-state index is 0.0998. The molecule has 5 rings (SSSR count). The molecule has 1 amide bonds. The number of halogens is 1. The Morgan fingerprint density at radius 2 is 1.82 bits per heavy atom. The number of aromatic nitrogens is 2. The quantitative estimate of drug-likeness (QED) is 0.0817. The lowest BCUT2D eigenvalue weighted by Crippen LogP contribution is -2.29. The fourth-order valence-corrected chi connectivity index (χ4v) is 6.48. The predicted octanol–water partition coefficient (Wildman–Crippen LogP) is 6.24. The van der Waals surface area contributed by atoms with Gasteiger partial charge >= 0.3 is 5.91 Å². The van der Waals surface area contributed by atoms with Gasteiger partial charge in [-0.2, -0.15) is 0 Å². The number of aryl methyl sites for hydroxylation is 1. The second-order valence-electron chi connectivity index (χ2n) is 8.71. The summed E-state index contributed by atoms with van der Waals surface area (Å²) in [6.07, 6.45) is 0. The topological polar surface area (TPSA) is 113 Å². The van der Waals surface area contributed by atoms with Crippen LogP contribution in [-0.2, 0) is 15.3 Å². The number of aliphatic hydroxyl groups is 1. The third-order valence-corrected chi connectivity index (χ3v) is 8.89. The van der Waals surface area contributed by atoms with E-state index in [2.05, 4.69) is 26.1 Å². The van der Waals surface area contributed by atoms with Gasteiger partial charge in [0, 0.05) is 11.3 Å². The van der Waals surface area contributed by atoms with Crippen LogP contribution in [0.4, 0.5) is 5.13 Å². The van der Waals surface area contributed by atoms with Gasteiger partial charge in [-0.3, -0.25) is 14.5 Å². The molecule has 1 atom stereocenters. The molecular weight excluding hydrogens is 602 g/mol. The molecule has 1 fully saturated rings. The number of benzene rings is 3. The number of phenols is 1. The Morgan fingerprint density at radius 3 is 2.51 bits per heavy atom. The second-order valence-corrected chi connectivity index (χ2v) is 11.7. The van der Waals surface area contributed by atoms with E-state index in [0.29, 0.717) is 25.7 Å². The van der Waals surface area contributed by atoms with Crippen molar-refractivity contribution in [3.05, 3.63) is 99.0 Å². The zero-order valence-corrected chi connectivity index (χ0v) is 24.0. The molecule has 0 saturated carbocycles. The van der Waals surface area contributed by atoms with Gasteiger partial charge in [0.05, 0.1) is 23.2 Å². The molecule has 4 aromatic rings. The van der Waals surface area contributed by atoms with Crippen LogP contribution in [0.1, 0.15) is 28.3 Å². The number of Topliss-reactive ketones (excluding diaryl/α,β-unsaturated/α-hetero) is 1. The number of nitrogens with zero attached hydrogens (tertiary/aromatic N) is 3. The summed E-state index contributed by atoms with van der Waals surface area (Å²) in [5, 5.41) is 30.4. The van der Waals surface area contributed by atoms with E-state index >= 15 is 0 Å². The summed E-state index contributed by atoms with van der Waals surface area (Å²) in [4.78, 5) is 28.1. The van der Waals surface area contributed by atoms with Crippen LogP contribution in [0.15, 0.2) is 81.1 Å². The number of ether oxygens (including phenoxy) is 1. The van der Waals surface area contributed by atoms with Gasteiger partial charge in [-0.15, -0.1) is 10.2 Å². The number of methoxy groups -OCH3 is 1. The fourth-order valence-electron chi connectivity index (χ4n) is 4.20. The van der Waals surface area contributed by atoms with Crippen LogP contribution in [0, 0.1) is 6.92 Å². The van der Waals surface area contributed by atoms with Gasteiger partial charge in [-0.25, -0.2) is 0 Å². The molecule has 2 heterocycles. The van der Waals surface area contributed by atoms with Crippen molar-refractivity contribution in [2.45, 2.75) is 23.1 Å². The van der Waals surface area contributed by atoms with Crippen LogP contribution in [0.25, 0.3) is 5.76 Å². The fraction of sp³-hybridized carbons (Fsp3) is 0.143. The molecule has 39 heavy (non-hydrogen) atoms. The number of carbonyl (C=O) groups excluding carboxylic acids is 2. The van der Waals surface area contributed by atoms with Crippen molar-refractivity contribution in [1.29, 1.82) is 0 Å². The average molecular weight is 625 g/mol.